The van der Waals surface area contributed by atoms with Crippen molar-refractivity contribution in [3.8, 4) is 6.07 Å². The molecule has 0 bridgehead atoms. The molecule has 21 heavy (non-hydrogen) atoms. The third kappa shape index (κ3) is 3.38. The SMILES string of the molecule is N#Cc1ccc(COC(=O)c2cccc(N)c2Br)c(F)c1. The van der Waals surface area contributed by atoms with E-state index in [4.69, 9.17) is 15.7 Å². The molecule has 0 atom stereocenters. The molecule has 0 aromatic heterocycles. The van der Waals surface area contributed by atoms with E-state index in [9.17, 15) is 9.18 Å². The number of nitrogens with two attached hydrogens (primary N) is 1. The van der Waals surface area contributed by atoms with E-state index in [1.165, 1.54) is 12.1 Å². The number of rotatable bonds is 3. The topological polar surface area (TPSA) is 76.1 Å². The summed E-state index contributed by atoms with van der Waals surface area (Å²) in [7, 11) is 0. The van der Waals surface area contributed by atoms with Gasteiger partial charge in [0.25, 0.3) is 0 Å². The van der Waals surface area contributed by atoms with Gasteiger partial charge in [0.05, 0.1) is 21.7 Å². The van der Waals surface area contributed by atoms with Crippen LogP contribution in [0.2, 0.25) is 0 Å². The Morgan fingerprint density at radius 3 is 2.81 bits per heavy atom. The number of halogens is 2. The molecule has 0 aliphatic heterocycles. The zero-order valence-corrected chi connectivity index (χ0v) is 12.4. The highest BCUT2D eigenvalue weighted by molar-refractivity contribution is 9.10. The first-order valence-corrected chi connectivity index (χ1v) is 6.72. The van der Waals surface area contributed by atoms with Gasteiger partial charge in [0.1, 0.15) is 12.4 Å². The summed E-state index contributed by atoms with van der Waals surface area (Å²) in [6, 6.07) is 10.6. The van der Waals surface area contributed by atoms with Crippen molar-refractivity contribution < 1.29 is 13.9 Å². The summed E-state index contributed by atoms with van der Waals surface area (Å²) in [5.74, 6) is -1.20. The maximum Gasteiger partial charge on any atom is 0.339 e. The first-order valence-electron chi connectivity index (χ1n) is 5.92. The van der Waals surface area contributed by atoms with Crippen LogP contribution in [0.5, 0.6) is 0 Å². The maximum atomic E-state index is 13.7. The van der Waals surface area contributed by atoms with Crippen LogP contribution >= 0.6 is 15.9 Å². The van der Waals surface area contributed by atoms with Crippen molar-refractivity contribution in [2.75, 3.05) is 5.73 Å². The minimum Gasteiger partial charge on any atom is -0.457 e. The highest BCUT2D eigenvalue weighted by atomic mass is 79.9. The minimum atomic E-state index is -0.613. The van der Waals surface area contributed by atoms with Gasteiger partial charge in [-0.25, -0.2) is 9.18 Å². The van der Waals surface area contributed by atoms with Gasteiger partial charge in [0.2, 0.25) is 0 Å². The first kappa shape index (κ1) is 15.0. The number of anilines is 1. The second kappa shape index (κ2) is 6.37. The molecule has 2 aromatic carbocycles. The van der Waals surface area contributed by atoms with Crippen molar-refractivity contribution in [1.29, 1.82) is 5.26 Å². The quantitative estimate of drug-likeness (QED) is 0.681. The zero-order valence-electron chi connectivity index (χ0n) is 10.8. The van der Waals surface area contributed by atoms with Crippen molar-refractivity contribution in [1.82, 2.24) is 0 Å². The number of carbonyl (C=O) groups is 1. The smallest absolute Gasteiger partial charge is 0.339 e. The molecule has 106 valence electrons. The summed E-state index contributed by atoms with van der Waals surface area (Å²) >= 11 is 3.20. The Labute approximate surface area is 129 Å². The van der Waals surface area contributed by atoms with Crippen molar-refractivity contribution in [2.45, 2.75) is 6.61 Å². The highest BCUT2D eigenvalue weighted by Crippen LogP contribution is 2.24. The van der Waals surface area contributed by atoms with Gasteiger partial charge in [-0.2, -0.15) is 5.26 Å². The van der Waals surface area contributed by atoms with E-state index in [0.717, 1.165) is 6.07 Å². The van der Waals surface area contributed by atoms with Crippen LogP contribution in [0.3, 0.4) is 0 Å². The molecule has 0 aliphatic rings. The summed E-state index contributed by atoms with van der Waals surface area (Å²) < 4.78 is 19.2. The molecule has 2 N–H and O–H groups in total. The Morgan fingerprint density at radius 2 is 2.14 bits per heavy atom. The Kier molecular flexibility index (Phi) is 4.55. The molecular formula is C15H10BrFN2O2. The van der Waals surface area contributed by atoms with E-state index >= 15 is 0 Å². The Morgan fingerprint density at radius 1 is 1.38 bits per heavy atom. The van der Waals surface area contributed by atoms with Crippen LogP contribution in [-0.2, 0) is 11.3 Å². The van der Waals surface area contributed by atoms with Crippen LogP contribution < -0.4 is 5.73 Å². The highest BCUT2D eigenvalue weighted by Gasteiger charge is 2.14. The molecule has 6 heteroatoms. The third-order valence-corrected chi connectivity index (χ3v) is 3.67. The van der Waals surface area contributed by atoms with Gasteiger partial charge in [-0.15, -0.1) is 0 Å². The van der Waals surface area contributed by atoms with Gasteiger partial charge in [0, 0.05) is 11.3 Å². The molecule has 2 rings (SSSR count). The standard InChI is InChI=1S/C15H10BrFN2O2/c16-14-11(2-1-3-13(14)19)15(20)21-8-10-5-4-9(7-18)6-12(10)17/h1-6H,8,19H2. The summed E-state index contributed by atoms with van der Waals surface area (Å²) in [6.07, 6.45) is 0. The van der Waals surface area contributed by atoms with E-state index in [1.54, 1.807) is 18.2 Å². The molecule has 0 amide bonds. The molecule has 4 nitrogen and oxygen atoms in total. The van der Waals surface area contributed by atoms with E-state index in [-0.39, 0.29) is 23.3 Å². The van der Waals surface area contributed by atoms with Gasteiger partial charge in [-0.05, 0) is 40.2 Å². The van der Waals surface area contributed by atoms with E-state index < -0.39 is 11.8 Å². The summed E-state index contributed by atoms with van der Waals surface area (Å²) in [5, 5.41) is 8.66. The molecule has 2 aromatic rings. The molecule has 0 aliphatic carbocycles. The molecule has 0 saturated carbocycles. The molecule has 0 heterocycles. The zero-order chi connectivity index (χ0) is 15.4. The van der Waals surface area contributed by atoms with Crippen molar-refractivity contribution in [3.05, 3.63) is 63.4 Å². The Balaban J connectivity index is 2.11. The van der Waals surface area contributed by atoms with Crippen molar-refractivity contribution in [2.24, 2.45) is 0 Å². The average molecular weight is 349 g/mol. The number of nitrogen functional groups attached to an aromatic ring is 1. The molecule has 0 fully saturated rings. The summed E-state index contributed by atoms with van der Waals surface area (Å²) in [6.45, 7) is -0.225. The number of hydrogen-bond donors (Lipinski definition) is 1. The van der Waals surface area contributed by atoms with Gasteiger partial charge in [-0.1, -0.05) is 12.1 Å². The fourth-order valence-electron chi connectivity index (χ4n) is 1.66. The number of nitriles is 1. The number of nitrogens with zero attached hydrogens (tertiary/aromatic N) is 1. The lowest BCUT2D eigenvalue weighted by atomic mass is 10.1. The Hall–Kier alpha value is -2.39. The largest absolute Gasteiger partial charge is 0.457 e. The van der Waals surface area contributed by atoms with Crippen LogP contribution in [0.15, 0.2) is 40.9 Å². The average Bonchev–Trinajstić information content (AvgIpc) is 2.48. The van der Waals surface area contributed by atoms with Gasteiger partial charge >= 0.3 is 5.97 Å². The summed E-state index contributed by atoms with van der Waals surface area (Å²) in [5.41, 5.74) is 6.76. The van der Waals surface area contributed by atoms with Crippen LogP contribution in [0.25, 0.3) is 0 Å². The fourth-order valence-corrected chi connectivity index (χ4v) is 2.09. The van der Waals surface area contributed by atoms with Gasteiger partial charge < -0.3 is 10.5 Å². The second-order valence-electron chi connectivity index (χ2n) is 4.20. The predicted molar refractivity (Wildman–Crippen MR) is 78.8 cm³/mol. The molecular weight excluding hydrogens is 339 g/mol. The number of hydrogen-bond acceptors (Lipinski definition) is 4. The lowest BCUT2D eigenvalue weighted by Crippen LogP contribution is -2.08. The van der Waals surface area contributed by atoms with Crippen LogP contribution in [0, 0.1) is 17.1 Å². The van der Waals surface area contributed by atoms with Crippen LogP contribution in [0.1, 0.15) is 21.5 Å². The molecule has 0 spiro atoms. The third-order valence-electron chi connectivity index (χ3n) is 2.79. The maximum absolute atomic E-state index is 13.7. The predicted octanol–water partition coefficient (Wildman–Crippen LogP) is 3.40. The number of carbonyl (C=O) groups excluding carboxylic acids is 1. The molecule has 0 radical (unpaired) electrons. The fraction of sp³-hybridized carbons (Fsp3) is 0.0667. The van der Waals surface area contributed by atoms with Crippen LogP contribution in [-0.4, -0.2) is 5.97 Å². The number of esters is 1. The van der Waals surface area contributed by atoms with Gasteiger partial charge in [0.15, 0.2) is 0 Å². The van der Waals surface area contributed by atoms with E-state index in [2.05, 4.69) is 15.9 Å². The number of benzene rings is 2. The van der Waals surface area contributed by atoms with Crippen molar-refractivity contribution in [3.63, 3.8) is 0 Å². The molecule has 0 unspecified atom stereocenters. The van der Waals surface area contributed by atoms with Gasteiger partial charge in [-0.3, -0.25) is 0 Å². The monoisotopic (exact) mass is 348 g/mol. The van der Waals surface area contributed by atoms with E-state index in [1.807, 2.05) is 6.07 Å². The first-order chi connectivity index (χ1) is 10.0. The lowest BCUT2D eigenvalue weighted by Gasteiger charge is -2.08. The lowest BCUT2D eigenvalue weighted by molar-refractivity contribution is 0.0468. The number of ether oxygens (including phenoxy) is 1. The minimum absolute atomic E-state index is 0.197. The normalized spacial score (nSPS) is 9.95. The van der Waals surface area contributed by atoms with E-state index in [0.29, 0.717) is 10.2 Å². The Bertz CT molecular complexity index is 741. The van der Waals surface area contributed by atoms with Crippen molar-refractivity contribution >= 4 is 27.6 Å². The molecule has 0 saturated heterocycles. The summed E-state index contributed by atoms with van der Waals surface area (Å²) in [4.78, 5) is 11.9. The second-order valence-corrected chi connectivity index (χ2v) is 5.00. The van der Waals surface area contributed by atoms with Crippen LogP contribution in [0.4, 0.5) is 10.1 Å².